The number of aryl methyl sites for hydroxylation is 2. The molecule has 1 aliphatic carbocycles. The van der Waals surface area contributed by atoms with Crippen LogP contribution in [0.4, 0.5) is 4.79 Å². The van der Waals surface area contributed by atoms with Gasteiger partial charge < -0.3 is 5.32 Å². The number of hydrogen-bond donors (Lipinski definition) is 1. The number of hydrogen-bond acceptors (Lipinski definition) is 3. The SMILES string of the molecule is Cc1cc(C)c(C)c(C(=O)CN2C(=O)N[C@@]3(CCCC[C@H]3C)C2=O)c1C. The van der Waals surface area contributed by atoms with Gasteiger partial charge in [0, 0.05) is 5.56 Å². The van der Waals surface area contributed by atoms with E-state index in [2.05, 4.69) is 11.4 Å². The highest BCUT2D eigenvalue weighted by atomic mass is 16.2. The van der Waals surface area contributed by atoms with Crippen LogP contribution in [0.3, 0.4) is 0 Å². The first-order valence-corrected chi connectivity index (χ1v) is 9.43. The standard InChI is InChI=1S/C21H28N2O3/c1-12-10-13(2)16(5)18(15(12)4)17(24)11-23-19(25)21(22-20(23)26)9-7-6-8-14(21)3/h10,14H,6-9,11H2,1-5H3,(H,22,26)/t14-,21-/m1/s1. The fraction of sp³-hybridized carbons (Fsp3) is 0.571. The third-order valence-electron chi connectivity index (χ3n) is 6.45. The fourth-order valence-electron chi connectivity index (χ4n) is 4.50. The number of nitrogens with one attached hydrogen (secondary N) is 1. The molecule has 1 N–H and O–H groups in total. The van der Waals surface area contributed by atoms with Crippen LogP contribution in [-0.4, -0.2) is 34.7 Å². The second-order valence-electron chi connectivity index (χ2n) is 8.00. The highest BCUT2D eigenvalue weighted by molar-refractivity contribution is 6.12. The van der Waals surface area contributed by atoms with Gasteiger partial charge in [0.2, 0.25) is 0 Å². The third kappa shape index (κ3) is 2.74. The summed E-state index contributed by atoms with van der Waals surface area (Å²) in [5, 5.41) is 2.91. The molecule has 26 heavy (non-hydrogen) atoms. The predicted octanol–water partition coefficient (Wildman–Crippen LogP) is 3.60. The normalized spacial score (nSPS) is 25.7. The Kier molecular flexibility index (Phi) is 4.67. The molecule has 0 unspecified atom stereocenters. The molecular formula is C21H28N2O3. The molecule has 1 spiro atoms. The van der Waals surface area contributed by atoms with Crippen LogP contribution in [0.1, 0.15) is 65.2 Å². The summed E-state index contributed by atoms with van der Waals surface area (Å²) in [6.45, 7) is 9.62. The first kappa shape index (κ1) is 18.6. The summed E-state index contributed by atoms with van der Waals surface area (Å²) in [6, 6.07) is 1.63. The van der Waals surface area contributed by atoms with Crippen LogP contribution >= 0.6 is 0 Å². The van der Waals surface area contributed by atoms with Gasteiger partial charge in [0.05, 0.1) is 6.54 Å². The van der Waals surface area contributed by atoms with Crippen LogP contribution in [-0.2, 0) is 4.79 Å². The molecule has 1 aromatic carbocycles. The lowest BCUT2D eigenvalue weighted by atomic mass is 9.73. The van der Waals surface area contributed by atoms with E-state index >= 15 is 0 Å². The Morgan fingerprint density at radius 1 is 1.15 bits per heavy atom. The van der Waals surface area contributed by atoms with Crippen molar-refractivity contribution in [2.75, 3.05) is 6.54 Å². The van der Waals surface area contributed by atoms with E-state index < -0.39 is 11.6 Å². The predicted molar refractivity (Wildman–Crippen MR) is 100 cm³/mol. The molecule has 5 heteroatoms. The van der Waals surface area contributed by atoms with Crippen LogP contribution in [0.15, 0.2) is 6.07 Å². The molecule has 0 bridgehead atoms. The smallest absolute Gasteiger partial charge is 0.323 e. The van der Waals surface area contributed by atoms with Gasteiger partial charge in [-0.25, -0.2) is 4.79 Å². The van der Waals surface area contributed by atoms with Crippen molar-refractivity contribution in [1.82, 2.24) is 10.2 Å². The minimum atomic E-state index is -0.817. The van der Waals surface area contributed by atoms with Gasteiger partial charge in [-0.15, -0.1) is 0 Å². The topological polar surface area (TPSA) is 66.5 Å². The maximum absolute atomic E-state index is 13.1. The lowest BCUT2D eigenvalue weighted by molar-refractivity contribution is -0.133. The third-order valence-corrected chi connectivity index (χ3v) is 6.45. The van der Waals surface area contributed by atoms with E-state index in [1.165, 1.54) is 0 Å². The number of imide groups is 1. The molecular weight excluding hydrogens is 328 g/mol. The van der Waals surface area contributed by atoms with E-state index in [9.17, 15) is 14.4 Å². The number of nitrogens with zero attached hydrogens (tertiary/aromatic N) is 1. The summed E-state index contributed by atoms with van der Waals surface area (Å²) >= 11 is 0. The maximum atomic E-state index is 13.1. The molecule has 3 amide bonds. The highest BCUT2D eigenvalue weighted by Gasteiger charge is 2.55. The molecule has 2 aliphatic rings. The van der Waals surface area contributed by atoms with Crippen molar-refractivity contribution in [2.24, 2.45) is 5.92 Å². The van der Waals surface area contributed by atoms with Crippen molar-refractivity contribution >= 4 is 17.7 Å². The minimum absolute atomic E-state index is 0.0949. The monoisotopic (exact) mass is 356 g/mol. The van der Waals surface area contributed by atoms with Crippen molar-refractivity contribution in [3.8, 4) is 0 Å². The lowest BCUT2D eigenvalue weighted by Gasteiger charge is -2.36. The first-order chi connectivity index (χ1) is 12.2. The quantitative estimate of drug-likeness (QED) is 0.665. The molecule has 1 heterocycles. The number of carbonyl (C=O) groups is 3. The highest BCUT2D eigenvalue weighted by Crippen LogP contribution is 2.38. The Morgan fingerprint density at radius 3 is 2.35 bits per heavy atom. The molecule has 0 aromatic heterocycles. The van der Waals surface area contributed by atoms with Gasteiger partial charge in [0.1, 0.15) is 5.54 Å². The van der Waals surface area contributed by atoms with Crippen LogP contribution in [0, 0.1) is 33.6 Å². The van der Waals surface area contributed by atoms with Gasteiger partial charge in [-0.3, -0.25) is 14.5 Å². The fourth-order valence-corrected chi connectivity index (χ4v) is 4.50. The number of rotatable bonds is 3. The number of benzene rings is 1. The van der Waals surface area contributed by atoms with Crippen LogP contribution in [0.2, 0.25) is 0 Å². The summed E-state index contributed by atoms with van der Waals surface area (Å²) in [6.07, 6.45) is 3.58. The molecule has 5 nitrogen and oxygen atoms in total. The summed E-state index contributed by atoms with van der Waals surface area (Å²) in [5.74, 6) is -0.309. The molecule has 2 atom stereocenters. The van der Waals surface area contributed by atoms with E-state index in [0.29, 0.717) is 12.0 Å². The zero-order valence-electron chi connectivity index (χ0n) is 16.4. The van der Waals surface area contributed by atoms with Gasteiger partial charge in [-0.1, -0.05) is 25.8 Å². The van der Waals surface area contributed by atoms with Gasteiger partial charge in [-0.2, -0.15) is 0 Å². The van der Waals surface area contributed by atoms with Gasteiger partial charge in [-0.05, 0) is 68.7 Å². The van der Waals surface area contributed by atoms with E-state index in [4.69, 9.17) is 0 Å². The Labute approximate surface area is 155 Å². The Hall–Kier alpha value is -2.17. The van der Waals surface area contributed by atoms with Crippen molar-refractivity contribution in [2.45, 2.75) is 65.8 Å². The lowest BCUT2D eigenvalue weighted by Crippen LogP contribution is -2.54. The zero-order valence-corrected chi connectivity index (χ0v) is 16.4. The summed E-state index contributed by atoms with van der Waals surface area (Å²) in [4.78, 5) is 39.7. The molecule has 1 aliphatic heterocycles. The van der Waals surface area contributed by atoms with Gasteiger partial charge >= 0.3 is 6.03 Å². The molecule has 3 rings (SSSR count). The number of urea groups is 1. The average Bonchev–Trinajstić information content (AvgIpc) is 2.81. The molecule has 140 valence electrons. The number of amides is 3. The van der Waals surface area contributed by atoms with Crippen molar-refractivity contribution in [3.05, 3.63) is 33.9 Å². The summed E-state index contributed by atoms with van der Waals surface area (Å²) in [7, 11) is 0. The minimum Gasteiger partial charge on any atom is -0.323 e. The van der Waals surface area contributed by atoms with E-state index in [1.807, 2.05) is 34.6 Å². The zero-order chi connectivity index (χ0) is 19.2. The molecule has 0 radical (unpaired) electrons. The molecule has 1 aromatic rings. The van der Waals surface area contributed by atoms with Crippen molar-refractivity contribution < 1.29 is 14.4 Å². The Morgan fingerprint density at radius 2 is 1.77 bits per heavy atom. The molecule has 1 saturated carbocycles. The number of ketones is 1. The van der Waals surface area contributed by atoms with Crippen LogP contribution < -0.4 is 5.32 Å². The van der Waals surface area contributed by atoms with Crippen LogP contribution in [0.25, 0.3) is 0 Å². The largest absolute Gasteiger partial charge is 0.325 e. The number of Topliss-reactive ketones (excluding diaryl/α,β-unsaturated/α-hetero) is 1. The van der Waals surface area contributed by atoms with E-state index in [-0.39, 0.29) is 24.2 Å². The second kappa shape index (κ2) is 6.53. The van der Waals surface area contributed by atoms with Gasteiger partial charge in [0.25, 0.3) is 5.91 Å². The van der Waals surface area contributed by atoms with Gasteiger partial charge in [0.15, 0.2) is 5.78 Å². The molecule has 1 saturated heterocycles. The molecule has 2 fully saturated rings. The maximum Gasteiger partial charge on any atom is 0.325 e. The average molecular weight is 356 g/mol. The second-order valence-corrected chi connectivity index (χ2v) is 8.00. The Balaban J connectivity index is 1.89. The number of carbonyl (C=O) groups excluding carboxylic acids is 3. The first-order valence-electron chi connectivity index (χ1n) is 9.43. The van der Waals surface area contributed by atoms with Crippen molar-refractivity contribution in [1.29, 1.82) is 0 Å². The summed E-state index contributed by atoms with van der Waals surface area (Å²) in [5.41, 5.74) is 3.76. The van der Waals surface area contributed by atoms with Crippen molar-refractivity contribution in [3.63, 3.8) is 0 Å². The van der Waals surface area contributed by atoms with Crippen LogP contribution in [0.5, 0.6) is 0 Å². The Bertz CT molecular complexity index is 773. The van der Waals surface area contributed by atoms with E-state index in [0.717, 1.165) is 46.4 Å². The van der Waals surface area contributed by atoms with E-state index in [1.54, 1.807) is 0 Å². The summed E-state index contributed by atoms with van der Waals surface area (Å²) < 4.78 is 0.